The fourth-order valence-corrected chi connectivity index (χ4v) is 4.11. The van der Waals surface area contributed by atoms with Gasteiger partial charge >= 0.3 is 0 Å². The number of anilines is 2. The van der Waals surface area contributed by atoms with E-state index in [-0.39, 0.29) is 5.91 Å². The van der Waals surface area contributed by atoms with Gasteiger partial charge in [-0.25, -0.2) is 4.99 Å². The molecule has 8 heteroatoms. The molecule has 3 rings (SSSR count). The normalized spacial score (nSPS) is 14.7. The molecule has 1 saturated heterocycles. The van der Waals surface area contributed by atoms with Crippen molar-refractivity contribution in [1.29, 1.82) is 0 Å². The van der Waals surface area contributed by atoms with E-state index in [0.29, 0.717) is 18.0 Å². The first kappa shape index (κ1) is 21.0. The Morgan fingerprint density at radius 2 is 2.03 bits per heavy atom. The Kier molecular flexibility index (Phi) is 7.35. The average molecular weight is 416 g/mol. The standard InChI is InChI=1S/C21H29N5O2S/c1-4-22-21(26-11-9-25(10-12-26)20-6-5-13-29-20)23-15-17-7-8-19(28-3)18(14-17)24-16(2)27/h5-8,13-14H,4,9-12,15H2,1-3H3,(H,22,23)(H,24,27). The van der Waals surface area contributed by atoms with Crippen molar-refractivity contribution in [2.45, 2.75) is 20.4 Å². The summed E-state index contributed by atoms with van der Waals surface area (Å²) in [5.74, 6) is 1.45. The molecular formula is C21H29N5O2S. The van der Waals surface area contributed by atoms with Crippen LogP contribution in [0.3, 0.4) is 0 Å². The van der Waals surface area contributed by atoms with Crippen LogP contribution in [-0.2, 0) is 11.3 Å². The number of piperazine rings is 1. The third-order valence-corrected chi connectivity index (χ3v) is 5.65. The molecule has 1 aromatic carbocycles. The molecule has 1 amide bonds. The number of ether oxygens (including phenoxy) is 1. The number of guanidine groups is 1. The smallest absolute Gasteiger partial charge is 0.221 e. The van der Waals surface area contributed by atoms with Crippen LogP contribution < -0.4 is 20.3 Å². The van der Waals surface area contributed by atoms with Gasteiger partial charge in [0.25, 0.3) is 0 Å². The third kappa shape index (κ3) is 5.63. The third-order valence-electron chi connectivity index (χ3n) is 4.72. The van der Waals surface area contributed by atoms with E-state index in [0.717, 1.165) is 44.2 Å². The average Bonchev–Trinajstić information content (AvgIpc) is 3.26. The molecule has 0 radical (unpaired) electrons. The van der Waals surface area contributed by atoms with Crippen LogP contribution >= 0.6 is 11.3 Å². The molecule has 0 saturated carbocycles. The quantitative estimate of drug-likeness (QED) is 0.561. The van der Waals surface area contributed by atoms with Crippen molar-refractivity contribution in [1.82, 2.24) is 10.2 Å². The number of thiophene rings is 1. The van der Waals surface area contributed by atoms with Crippen molar-refractivity contribution >= 4 is 33.9 Å². The highest BCUT2D eigenvalue weighted by atomic mass is 32.1. The maximum absolute atomic E-state index is 11.4. The van der Waals surface area contributed by atoms with E-state index in [1.54, 1.807) is 18.4 Å². The summed E-state index contributed by atoms with van der Waals surface area (Å²) in [6.07, 6.45) is 0. The Morgan fingerprint density at radius 1 is 1.24 bits per heavy atom. The van der Waals surface area contributed by atoms with Crippen molar-refractivity contribution in [3.8, 4) is 5.75 Å². The molecule has 1 aliphatic rings. The first-order valence-corrected chi connectivity index (χ1v) is 10.7. The van der Waals surface area contributed by atoms with Crippen LogP contribution in [0.15, 0.2) is 40.7 Å². The lowest BCUT2D eigenvalue weighted by Crippen LogP contribution is -2.52. The van der Waals surface area contributed by atoms with Crippen molar-refractivity contribution in [2.75, 3.05) is 50.1 Å². The summed E-state index contributed by atoms with van der Waals surface area (Å²) in [5.41, 5.74) is 1.68. The molecule has 1 aliphatic heterocycles. The number of hydrogen-bond donors (Lipinski definition) is 2. The molecule has 0 spiro atoms. The van der Waals surface area contributed by atoms with E-state index in [1.165, 1.54) is 11.9 Å². The Balaban J connectivity index is 1.67. The summed E-state index contributed by atoms with van der Waals surface area (Å²) in [6, 6.07) is 10.0. The second-order valence-corrected chi connectivity index (χ2v) is 7.74. The van der Waals surface area contributed by atoms with Crippen LogP contribution in [0, 0.1) is 0 Å². The van der Waals surface area contributed by atoms with Crippen LogP contribution in [0.5, 0.6) is 5.75 Å². The van der Waals surface area contributed by atoms with Crippen LogP contribution in [0.25, 0.3) is 0 Å². The minimum atomic E-state index is -0.124. The van der Waals surface area contributed by atoms with E-state index in [4.69, 9.17) is 9.73 Å². The Labute approximate surface area is 176 Å². The molecule has 29 heavy (non-hydrogen) atoms. The van der Waals surface area contributed by atoms with Gasteiger partial charge in [0, 0.05) is 39.6 Å². The zero-order valence-corrected chi connectivity index (χ0v) is 18.1. The number of benzene rings is 1. The molecule has 2 N–H and O–H groups in total. The van der Waals surface area contributed by atoms with Gasteiger partial charge in [-0.1, -0.05) is 6.07 Å². The van der Waals surface area contributed by atoms with Crippen LogP contribution in [-0.4, -0.2) is 56.6 Å². The second kappa shape index (κ2) is 10.2. The molecule has 7 nitrogen and oxygen atoms in total. The number of methoxy groups -OCH3 is 1. The molecule has 1 aromatic heterocycles. The van der Waals surface area contributed by atoms with E-state index in [1.807, 2.05) is 18.2 Å². The highest BCUT2D eigenvalue weighted by Gasteiger charge is 2.20. The molecule has 0 unspecified atom stereocenters. The van der Waals surface area contributed by atoms with E-state index in [2.05, 4.69) is 44.9 Å². The van der Waals surface area contributed by atoms with Crippen LogP contribution in [0.4, 0.5) is 10.7 Å². The maximum atomic E-state index is 11.4. The number of nitrogens with zero attached hydrogens (tertiary/aromatic N) is 3. The highest BCUT2D eigenvalue weighted by Crippen LogP contribution is 2.26. The summed E-state index contributed by atoms with van der Waals surface area (Å²) in [5, 5.41) is 9.67. The SMILES string of the molecule is CCNC(=NCc1ccc(OC)c(NC(C)=O)c1)N1CCN(c2cccs2)CC1. The number of hydrogen-bond acceptors (Lipinski definition) is 5. The van der Waals surface area contributed by atoms with Gasteiger partial charge in [-0.3, -0.25) is 4.79 Å². The van der Waals surface area contributed by atoms with Gasteiger partial charge in [0.1, 0.15) is 5.75 Å². The molecular weight excluding hydrogens is 386 g/mol. The number of aliphatic imine (C=N–C) groups is 1. The summed E-state index contributed by atoms with van der Waals surface area (Å²) in [6.45, 7) is 8.77. The monoisotopic (exact) mass is 415 g/mol. The number of carbonyl (C=O) groups excluding carboxylic acids is 1. The molecule has 2 heterocycles. The number of rotatable bonds is 6. The van der Waals surface area contributed by atoms with Crippen molar-refractivity contribution in [2.24, 2.45) is 4.99 Å². The zero-order chi connectivity index (χ0) is 20.6. The first-order valence-electron chi connectivity index (χ1n) is 9.87. The van der Waals surface area contributed by atoms with Crippen LogP contribution in [0.1, 0.15) is 19.4 Å². The van der Waals surface area contributed by atoms with Gasteiger partial charge in [0.2, 0.25) is 5.91 Å². The van der Waals surface area contributed by atoms with Gasteiger partial charge in [-0.2, -0.15) is 0 Å². The van der Waals surface area contributed by atoms with Gasteiger partial charge < -0.3 is 25.2 Å². The van der Waals surface area contributed by atoms with Crippen LogP contribution in [0.2, 0.25) is 0 Å². The van der Waals surface area contributed by atoms with Crippen molar-refractivity contribution < 1.29 is 9.53 Å². The fourth-order valence-electron chi connectivity index (χ4n) is 3.32. The van der Waals surface area contributed by atoms with Gasteiger partial charge in [0.15, 0.2) is 5.96 Å². The highest BCUT2D eigenvalue weighted by molar-refractivity contribution is 7.14. The van der Waals surface area contributed by atoms with Gasteiger partial charge in [-0.15, -0.1) is 11.3 Å². The predicted molar refractivity (Wildman–Crippen MR) is 120 cm³/mol. The maximum Gasteiger partial charge on any atom is 0.221 e. The minimum absolute atomic E-state index is 0.124. The van der Waals surface area contributed by atoms with Crippen molar-refractivity contribution in [3.05, 3.63) is 41.3 Å². The molecule has 1 fully saturated rings. The largest absolute Gasteiger partial charge is 0.495 e. The lowest BCUT2D eigenvalue weighted by Gasteiger charge is -2.37. The first-order chi connectivity index (χ1) is 14.1. The van der Waals surface area contributed by atoms with E-state index < -0.39 is 0 Å². The van der Waals surface area contributed by atoms with Gasteiger partial charge in [0.05, 0.1) is 24.3 Å². The fraction of sp³-hybridized carbons (Fsp3) is 0.429. The lowest BCUT2D eigenvalue weighted by atomic mass is 10.2. The Hall–Kier alpha value is -2.74. The molecule has 0 bridgehead atoms. The molecule has 0 aliphatic carbocycles. The Morgan fingerprint density at radius 3 is 2.66 bits per heavy atom. The van der Waals surface area contributed by atoms with E-state index >= 15 is 0 Å². The number of nitrogens with one attached hydrogen (secondary N) is 2. The number of carbonyl (C=O) groups is 1. The molecule has 0 atom stereocenters. The predicted octanol–water partition coefficient (Wildman–Crippen LogP) is 3.00. The number of amides is 1. The van der Waals surface area contributed by atoms with Gasteiger partial charge in [-0.05, 0) is 42.1 Å². The molecule has 2 aromatic rings. The summed E-state index contributed by atoms with van der Waals surface area (Å²) in [4.78, 5) is 21.0. The summed E-state index contributed by atoms with van der Waals surface area (Å²) >= 11 is 1.79. The molecule has 156 valence electrons. The zero-order valence-electron chi connectivity index (χ0n) is 17.3. The summed E-state index contributed by atoms with van der Waals surface area (Å²) < 4.78 is 5.33. The Bertz CT molecular complexity index is 830. The lowest BCUT2D eigenvalue weighted by molar-refractivity contribution is -0.114. The van der Waals surface area contributed by atoms with Crippen molar-refractivity contribution in [3.63, 3.8) is 0 Å². The topological polar surface area (TPSA) is 69.2 Å². The minimum Gasteiger partial charge on any atom is -0.495 e. The van der Waals surface area contributed by atoms with E-state index in [9.17, 15) is 4.79 Å². The second-order valence-electron chi connectivity index (χ2n) is 6.81. The summed E-state index contributed by atoms with van der Waals surface area (Å²) in [7, 11) is 1.59.